The molecule has 2 aliphatic rings. The summed E-state index contributed by atoms with van der Waals surface area (Å²) in [5.74, 6) is 0.701. The van der Waals surface area contributed by atoms with Crippen molar-refractivity contribution in [2.45, 2.75) is 37.4 Å². The summed E-state index contributed by atoms with van der Waals surface area (Å²) in [5, 5.41) is 6.40. The molecule has 0 saturated carbocycles. The van der Waals surface area contributed by atoms with E-state index in [4.69, 9.17) is 22.3 Å². The van der Waals surface area contributed by atoms with Crippen molar-refractivity contribution in [1.29, 1.82) is 0 Å². The Morgan fingerprint density at radius 2 is 2.10 bits per heavy atom. The standard InChI is InChI=1S/C21H22ClN7O/c1-27-20(30)17-13(10-3-5-15-12(7-10)18(22)28(2)26-15)9-24-19(17)25-21(27)29-11-4-6-16(29)14(23)8-11/h3,5,7,9,11,14,16,24H,4,6,8,23H2,1-2H3/t11-,14+,16?/m0/s1. The molecule has 3 atom stereocenters. The number of aryl methyl sites for hydroxylation is 1. The Balaban J connectivity index is 1.52. The van der Waals surface area contributed by atoms with Crippen LogP contribution < -0.4 is 16.2 Å². The highest BCUT2D eigenvalue weighted by molar-refractivity contribution is 6.34. The number of fused-ring (bicyclic) bond motifs is 4. The monoisotopic (exact) mass is 423 g/mol. The summed E-state index contributed by atoms with van der Waals surface area (Å²) in [5.41, 5.74) is 9.37. The predicted molar refractivity (Wildman–Crippen MR) is 118 cm³/mol. The Bertz CT molecular complexity index is 1380. The van der Waals surface area contributed by atoms with E-state index in [0.29, 0.717) is 28.2 Å². The number of hydrogen-bond acceptors (Lipinski definition) is 5. The Kier molecular flexibility index (Phi) is 3.65. The molecule has 3 aromatic heterocycles. The molecule has 2 fully saturated rings. The minimum absolute atomic E-state index is 0.0662. The number of H-pyrrole nitrogens is 1. The molecule has 2 saturated heterocycles. The van der Waals surface area contributed by atoms with Gasteiger partial charge in [-0.1, -0.05) is 17.7 Å². The van der Waals surface area contributed by atoms with Crippen molar-refractivity contribution < 1.29 is 0 Å². The van der Waals surface area contributed by atoms with Gasteiger partial charge in [0.15, 0.2) is 0 Å². The van der Waals surface area contributed by atoms with Gasteiger partial charge >= 0.3 is 0 Å². The molecule has 6 rings (SSSR count). The Hall–Kier alpha value is -2.84. The molecular weight excluding hydrogens is 402 g/mol. The van der Waals surface area contributed by atoms with E-state index in [-0.39, 0.29) is 17.6 Å². The second kappa shape index (κ2) is 6.09. The molecule has 1 aromatic carbocycles. The Morgan fingerprint density at radius 1 is 1.27 bits per heavy atom. The van der Waals surface area contributed by atoms with E-state index in [1.165, 1.54) is 0 Å². The minimum atomic E-state index is -0.0662. The highest BCUT2D eigenvalue weighted by Gasteiger charge is 2.46. The summed E-state index contributed by atoms with van der Waals surface area (Å²) < 4.78 is 3.31. The smallest absolute Gasteiger partial charge is 0.264 e. The lowest BCUT2D eigenvalue weighted by Gasteiger charge is -2.25. The molecule has 2 aliphatic heterocycles. The number of anilines is 1. The van der Waals surface area contributed by atoms with Gasteiger partial charge in [0.1, 0.15) is 10.8 Å². The van der Waals surface area contributed by atoms with Crippen molar-refractivity contribution in [2.75, 3.05) is 4.90 Å². The van der Waals surface area contributed by atoms with Crippen molar-refractivity contribution in [3.8, 4) is 11.1 Å². The van der Waals surface area contributed by atoms with Gasteiger partial charge in [0.2, 0.25) is 5.95 Å². The van der Waals surface area contributed by atoms with Crippen LogP contribution in [0.15, 0.2) is 29.2 Å². The third-order valence-corrected chi connectivity index (χ3v) is 7.23. The Labute approximate surface area is 177 Å². The lowest BCUT2D eigenvalue weighted by atomic mass is 9.97. The van der Waals surface area contributed by atoms with Crippen molar-refractivity contribution >= 4 is 39.5 Å². The first kappa shape index (κ1) is 18.0. The van der Waals surface area contributed by atoms with Crippen LogP contribution in [-0.2, 0) is 14.1 Å². The van der Waals surface area contributed by atoms with Gasteiger partial charge < -0.3 is 15.6 Å². The van der Waals surface area contributed by atoms with Crippen LogP contribution in [-0.4, -0.2) is 42.4 Å². The highest BCUT2D eigenvalue weighted by Crippen LogP contribution is 2.40. The molecule has 8 nitrogen and oxygen atoms in total. The molecule has 5 heterocycles. The van der Waals surface area contributed by atoms with Gasteiger partial charge in [-0.25, -0.2) is 0 Å². The van der Waals surface area contributed by atoms with Crippen molar-refractivity contribution in [1.82, 2.24) is 24.3 Å². The fourth-order valence-electron chi connectivity index (χ4n) is 5.29. The number of hydrogen-bond donors (Lipinski definition) is 2. The number of aromatic nitrogens is 5. The van der Waals surface area contributed by atoms with Crippen LogP contribution >= 0.6 is 11.6 Å². The number of nitrogens with one attached hydrogen (secondary N) is 1. The lowest BCUT2D eigenvalue weighted by Crippen LogP contribution is -2.40. The number of nitrogens with zero attached hydrogens (tertiary/aromatic N) is 5. The number of benzene rings is 1. The van der Waals surface area contributed by atoms with Crippen LogP contribution in [0.25, 0.3) is 33.1 Å². The molecule has 1 unspecified atom stereocenters. The van der Waals surface area contributed by atoms with Gasteiger partial charge in [0, 0.05) is 49.4 Å². The van der Waals surface area contributed by atoms with Gasteiger partial charge in [-0.15, -0.1) is 0 Å². The SMILES string of the molecule is Cn1nc2ccc(-c3c[nH]c4nc(N5C6CC[C@H]5C[C@H]6N)n(C)c(=O)c34)cc2c1Cl. The van der Waals surface area contributed by atoms with Gasteiger partial charge in [-0.2, -0.15) is 10.1 Å². The molecule has 0 spiro atoms. The zero-order valence-corrected chi connectivity index (χ0v) is 17.5. The maximum atomic E-state index is 13.4. The normalized spacial score (nSPS) is 23.3. The summed E-state index contributed by atoms with van der Waals surface area (Å²) in [7, 11) is 3.61. The van der Waals surface area contributed by atoms with Gasteiger partial charge in [-0.05, 0) is 37.0 Å². The third-order valence-electron chi connectivity index (χ3n) is 6.78. The molecule has 0 amide bonds. The average molecular weight is 424 g/mol. The number of aromatic amines is 1. The molecule has 154 valence electrons. The van der Waals surface area contributed by atoms with E-state index in [0.717, 1.165) is 41.3 Å². The summed E-state index contributed by atoms with van der Waals surface area (Å²) >= 11 is 6.39. The average Bonchev–Trinajstić information content (AvgIpc) is 3.47. The molecule has 0 aliphatic carbocycles. The molecule has 3 N–H and O–H groups in total. The zero-order valence-electron chi connectivity index (χ0n) is 16.8. The Morgan fingerprint density at radius 3 is 2.83 bits per heavy atom. The van der Waals surface area contributed by atoms with Crippen LogP contribution in [0.4, 0.5) is 5.95 Å². The van der Waals surface area contributed by atoms with E-state index in [1.54, 1.807) is 16.3 Å². The first-order valence-corrected chi connectivity index (χ1v) is 10.6. The predicted octanol–water partition coefficient (Wildman–Crippen LogP) is 2.54. The quantitative estimate of drug-likeness (QED) is 0.516. The lowest BCUT2D eigenvalue weighted by molar-refractivity contribution is 0.503. The second-order valence-electron chi connectivity index (χ2n) is 8.45. The number of nitrogens with two attached hydrogens (primary N) is 1. The fourth-order valence-corrected chi connectivity index (χ4v) is 5.48. The van der Waals surface area contributed by atoms with Gasteiger partial charge in [-0.3, -0.25) is 14.0 Å². The molecule has 4 aromatic rings. The second-order valence-corrected chi connectivity index (χ2v) is 8.81. The van der Waals surface area contributed by atoms with E-state index >= 15 is 0 Å². The van der Waals surface area contributed by atoms with Crippen LogP contribution in [0.3, 0.4) is 0 Å². The van der Waals surface area contributed by atoms with E-state index < -0.39 is 0 Å². The summed E-state index contributed by atoms with van der Waals surface area (Å²) in [6, 6.07) is 6.62. The highest BCUT2D eigenvalue weighted by atomic mass is 35.5. The summed E-state index contributed by atoms with van der Waals surface area (Å²) in [6.45, 7) is 0. The van der Waals surface area contributed by atoms with Crippen LogP contribution in [0.1, 0.15) is 19.3 Å². The molecule has 2 bridgehead atoms. The number of rotatable bonds is 2. The largest absolute Gasteiger partial charge is 0.345 e. The van der Waals surface area contributed by atoms with E-state index in [9.17, 15) is 4.79 Å². The number of halogens is 1. The van der Waals surface area contributed by atoms with Crippen molar-refractivity contribution in [3.05, 3.63) is 39.9 Å². The van der Waals surface area contributed by atoms with Crippen LogP contribution in [0.2, 0.25) is 5.15 Å². The summed E-state index contributed by atoms with van der Waals surface area (Å²) in [6.07, 6.45) is 4.97. The summed E-state index contributed by atoms with van der Waals surface area (Å²) in [4.78, 5) is 23.7. The zero-order chi connectivity index (χ0) is 20.7. The maximum absolute atomic E-state index is 13.4. The first-order chi connectivity index (χ1) is 14.4. The van der Waals surface area contributed by atoms with E-state index in [2.05, 4.69) is 15.0 Å². The van der Waals surface area contributed by atoms with Gasteiger partial charge in [0.25, 0.3) is 5.56 Å². The molecule has 30 heavy (non-hydrogen) atoms. The first-order valence-electron chi connectivity index (χ1n) is 10.2. The van der Waals surface area contributed by atoms with Gasteiger partial charge in [0.05, 0.1) is 10.9 Å². The van der Waals surface area contributed by atoms with Crippen molar-refractivity contribution in [3.63, 3.8) is 0 Å². The molecule has 9 heteroatoms. The topological polar surface area (TPSA) is 97.8 Å². The molecule has 0 radical (unpaired) electrons. The van der Waals surface area contributed by atoms with E-state index in [1.807, 2.05) is 31.4 Å². The minimum Gasteiger partial charge on any atom is -0.345 e. The van der Waals surface area contributed by atoms with Crippen LogP contribution in [0, 0.1) is 0 Å². The third kappa shape index (κ3) is 2.29. The maximum Gasteiger partial charge on any atom is 0.264 e. The van der Waals surface area contributed by atoms with Crippen molar-refractivity contribution in [2.24, 2.45) is 19.8 Å². The van der Waals surface area contributed by atoms with Crippen LogP contribution in [0.5, 0.6) is 0 Å². The fraction of sp³-hybridized carbons (Fsp3) is 0.381. The molecular formula is C21H22ClN7O.